The second-order valence-electron chi connectivity index (χ2n) is 11.0. The molecule has 0 radical (unpaired) electrons. The summed E-state index contributed by atoms with van der Waals surface area (Å²) in [4.78, 5) is 0. The molecule has 2 aliphatic carbocycles. The van der Waals surface area contributed by atoms with E-state index < -0.39 is 0 Å². The van der Waals surface area contributed by atoms with Crippen LogP contribution in [0.5, 0.6) is 0 Å². The van der Waals surface area contributed by atoms with Gasteiger partial charge in [-0.2, -0.15) is 0 Å². The molecule has 0 heterocycles. The summed E-state index contributed by atoms with van der Waals surface area (Å²) < 4.78 is 0. The van der Waals surface area contributed by atoms with Crippen LogP contribution in [0, 0.1) is 0 Å². The maximum absolute atomic E-state index is 4.61. The van der Waals surface area contributed by atoms with Gasteiger partial charge in [-0.3, -0.25) is 0 Å². The summed E-state index contributed by atoms with van der Waals surface area (Å²) in [5.41, 5.74) is 25.7. The second-order valence-corrected chi connectivity index (χ2v) is 11.0. The number of benzene rings is 5. The standard InChI is InChI=1S/C41H28.C3H6.C2H5N.4C2H6/c1-2-6-30(7-3-1)32-10-14-34(15-11-32)36-18-22-38(23-19-36)40-26-28-41(29-27-40)39-24-20-37(21-25-39)35-16-12-33(13-17-35)31-8-4-5-9-31;1-3-2;1-2-3;4*1-2/h2-6,8,10-29H,1H2;3H,1H2,2H3;2H,1,3H2;4*1-2H3. The third-order valence-corrected chi connectivity index (χ3v) is 7.77. The highest BCUT2D eigenvalue weighted by molar-refractivity contribution is 5.80. The largest absolute Gasteiger partial charge is 0.405 e. The van der Waals surface area contributed by atoms with E-state index in [1.54, 1.807) is 6.08 Å². The van der Waals surface area contributed by atoms with Gasteiger partial charge in [-0.25, -0.2) is 0 Å². The average molecular weight is 726 g/mol. The normalized spacial score (nSPS) is 10.9. The summed E-state index contributed by atoms with van der Waals surface area (Å²) in [5, 5.41) is 0. The first-order valence-corrected chi connectivity index (χ1v) is 19.8. The summed E-state index contributed by atoms with van der Waals surface area (Å²) in [7, 11) is 0. The molecular formula is C54H63N. The van der Waals surface area contributed by atoms with Gasteiger partial charge in [0.05, 0.1) is 0 Å². The van der Waals surface area contributed by atoms with Crippen molar-refractivity contribution in [3.05, 3.63) is 206 Å². The first-order chi connectivity index (χ1) is 27.1. The summed E-state index contributed by atoms with van der Waals surface area (Å²) in [6, 6.07) is 44.0. The maximum Gasteiger partial charge on any atom is 0.0237 e. The number of nitrogens with two attached hydrogens (primary N) is 1. The molecule has 0 saturated carbocycles. The van der Waals surface area contributed by atoms with Crippen LogP contribution in [0.2, 0.25) is 0 Å². The molecule has 0 amide bonds. The minimum Gasteiger partial charge on any atom is -0.405 e. The molecule has 0 atom stereocenters. The molecule has 2 aliphatic rings. The zero-order chi connectivity index (χ0) is 40.8. The number of allylic oxidation sites excluding steroid dienone is 7. The van der Waals surface area contributed by atoms with Crippen LogP contribution in [0.25, 0.3) is 55.7 Å². The topological polar surface area (TPSA) is 26.0 Å². The van der Waals surface area contributed by atoms with Crippen molar-refractivity contribution in [3.8, 4) is 44.5 Å². The SMILES string of the molecule is C1=CC=CC=1c1ccc(-c2ccc(-c3ccc(-c4ccc(-c5ccc(C6=C=CCC=C6)cc5)cc4)cc3)cc2)cc1.C=CC.C=CN.CC.CC.CC.CC. The van der Waals surface area contributed by atoms with Crippen molar-refractivity contribution in [1.82, 2.24) is 0 Å². The molecule has 0 fully saturated rings. The fourth-order valence-corrected chi connectivity index (χ4v) is 5.41. The molecule has 0 aromatic heterocycles. The third-order valence-electron chi connectivity index (χ3n) is 7.77. The lowest BCUT2D eigenvalue weighted by atomic mass is 9.96. The molecule has 0 unspecified atom stereocenters. The molecule has 1 heteroatoms. The Hall–Kier alpha value is -6.10. The van der Waals surface area contributed by atoms with Gasteiger partial charge < -0.3 is 5.73 Å². The van der Waals surface area contributed by atoms with Crippen LogP contribution in [-0.2, 0) is 0 Å². The van der Waals surface area contributed by atoms with Gasteiger partial charge in [-0.05, 0) is 93.4 Å². The van der Waals surface area contributed by atoms with Gasteiger partial charge in [-0.1, -0.05) is 208 Å². The van der Waals surface area contributed by atoms with E-state index >= 15 is 0 Å². The predicted molar refractivity (Wildman–Crippen MR) is 250 cm³/mol. The summed E-state index contributed by atoms with van der Waals surface area (Å²) in [6.45, 7) is 24.4. The van der Waals surface area contributed by atoms with Crippen LogP contribution in [-0.4, -0.2) is 0 Å². The summed E-state index contributed by atoms with van der Waals surface area (Å²) in [5.74, 6) is 0. The van der Waals surface area contributed by atoms with E-state index in [1.165, 1.54) is 61.8 Å². The number of hydrogen-bond acceptors (Lipinski definition) is 1. The Morgan fingerprint density at radius 3 is 0.873 bits per heavy atom. The fraction of sp³-hybridized carbons (Fsp3) is 0.185. The van der Waals surface area contributed by atoms with E-state index in [-0.39, 0.29) is 0 Å². The minimum atomic E-state index is 0.967. The Kier molecular flexibility index (Phi) is 24.2. The van der Waals surface area contributed by atoms with E-state index in [0.717, 1.165) is 17.6 Å². The molecule has 0 spiro atoms. The summed E-state index contributed by atoms with van der Waals surface area (Å²) >= 11 is 0. The van der Waals surface area contributed by atoms with Crippen LogP contribution in [0.1, 0.15) is 79.9 Å². The van der Waals surface area contributed by atoms with E-state index in [9.17, 15) is 0 Å². The number of hydrogen-bond donors (Lipinski definition) is 1. The molecule has 284 valence electrons. The van der Waals surface area contributed by atoms with Crippen molar-refractivity contribution < 1.29 is 0 Å². The molecular weight excluding hydrogens is 663 g/mol. The molecule has 0 saturated heterocycles. The van der Waals surface area contributed by atoms with Crippen LogP contribution >= 0.6 is 0 Å². The Morgan fingerprint density at radius 2 is 0.673 bits per heavy atom. The molecule has 5 aromatic rings. The van der Waals surface area contributed by atoms with Gasteiger partial charge in [0.1, 0.15) is 0 Å². The zero-order valence-electron chi connectivity index (χ0n) is 34.9. The molecule has 5 aromatic carbocycles. The van der Waals surface area contributed by atoms with Crippen molar-refractivity contribution in [2.24, 2.45) is 5.73 Å². The van der Waals surface area contributed by atoms with Crippen molar-refractivity contribution in [2.45, 2.75) is 68.7 Å². The lowest BCUT2D eigenvalue weighted by Gasteiger charge is -2.09. The van der Waals surface area contributed by atoms with Crippen molar-refractivity contribution in [2.75, 3.05) is 0 Å². The van der Waals surface area contributed by atoms with E-state index in [0.29, 0.717) is 0 Å². The quantitative estimate of drug-likeness (QED) is 0.137. The first-order valence-electron chi connectivity index (χ1n) is 19.8. The summed E-state index contributed by atoms with van der Waals surface area (Å²) in [6.07, 6.45) is 16.4. The van der Waals surface area contributed by atoms with Crippen LogP contribution in [0.4, 0.5) is 0 Å². The third kappa shape index (κ3) is 14.7. The molecule has 55 heavy (non-hydrogen) atoms. The van der Waals surface area contributed by atoms with Gasteiger partial charge in [0, 0.05) is 11.1 Å². The Labute approximate surface area is 334 Å². The van der Waals surface area contributed by atoms with Crippen LogP contribution < -0.4 is 5.73 Å². The van der Waals surface area contributed by atoms with Gasteiger partial charge in [0.25, 0.3) is 0 Å². The molecule has 2 N–H and O–H groups in total. The van der Waals surface area contributed by atoms with Crippen molar-refractivity contribution in [3.63, 3.8) is 0 Å². The Bertz CT molecular complexity index is 1990. The van der Waals surface area contributed by atoms with Gasteiger partial charge in [-0.15, -0.1) is 18.0 Å². The van der Waals surface area contributed by atoms with Crippen LogP contribution in [0.15, 0.2) is 195 Å². The second kappa shape index (κ2) is 28.4. The van der Waals surface area contributed by atoms with Crippen LogP contribution in [0.3, 0.4) is 0 Å². The van der Waals surface area contributed by atoms with Crippen molar-refractivity contribution in [1.29, 1.82) is 0 Å². The number of rotatable bonds is 6. The lowest BCUT2D eigenvalue weighted by Crippen LogP contribution is -1.85. The molecule has 0 bridgehead atoms. The van der Waals surface area contributed by atoms with Gasteiger partial charge >= 0.3 is 0 Å². The predicted octanol–water partition coefficient (Wildman–Crippen LogP) is 16.3. The Balaban J connectivity index is 0.000000965. The minimum absolute atomic E-state index is 0.967. The average Bonchev–Trinajstić information content (AvgIpc) is 3.83. The smallest absolute Gasteiger partial charge is 0.0237 e. The Morgan fingerprint density at radius 1 is 0.436 bits per heavy atom. The highest BCUT2D eigenvalue weighted by Gasteiger charge is 2.06. The molecule has 1 nitrogen and oxygen atoms in total. The van der Waals surface area contributed by atoms with E-state index in [1.807, 2.05) is 74.5 Å². The molecule has 0 aliphatic heterocycles. The fourth-order valence-electron chi connectivity index (χ4n) is 5.41. The van der Waals surface area contributed by atoms with E-state index in [2.05, 4.69) is 176 Å². The zero-order valence-corrected chi connectivity index (χ0v) is 34.9. The highest BCUT2D eigenvalue weighted by Crippen LogP contribution is 2.30. The van der Waals surface area contributed by atoms with Gasteiger partial charge in [0.2, 0.25) is 0 Å². The van der Waals surface area contributed by atoms with Gasteiger partial charge in [0.15, 0.2) is 0 Å². The highest BCUT2D eigenvalue weighted by atomic mass is 14.5. The van der Waals surface area contributed by atoms with E-state index in [4.69, 9.17) is 0 Å². The monoisotopic (exact) mass is 725 g/mol. The first kappa shape index (κ1) is 46.9. The lowest BCUT2D eigenvalue weighted by molar-refractivity contribution is 1.38. The maximum atomic E-state index is 4.61. The molecule has 7 rings (SSSR count). The van der Waals surface area contributed by atoms with Crippen molar-refractivity contribution >= 4 is 11.1 Å².